The fraction of sp³-hybridized carbons (Fsp3) is 0.385. The van der Waals surface area contributed by atoms with Crippen LogP contribution in [0, 0.1) is 12.8 Å². The zero-order chi connectivity index (χ0) is 13.3. The predicted octanol–water partition coefficient (Wildman–Crippen LogP) is 1.01. The maximum Gasteiger partial charge on any atom is 0.250 e. The van der Waals surface area contributed by atoms with E-state index in [0.29, 0.717) is 28.3 Å². The maximum absolute atomic E-state index is 11.4. The molecule has 5 N–H and O–H groups in total. The van der Waals surface area contributed by atoms with Gasteiger partial charge in [-0.05, 0) is 43.4 Å². The van der Waals surface area contributed by atoms with Crippen molar-refractivity contribution >= 4 is 17.5 Å². The minimum atomic E-state index is -0.507. The maximum atomic E-state index is 11.4. The molecule has 0 radical (unpaired) electrons. The summed E-state index contributed by atoms with van der Waals surface area (Å²) in [7, 11) is 0. The molecule has 2 rings (SSSR count). The number of benzene rings is 1. The summed E-state index contributed by atoms with van der Waals surface area (Å²) in [5.74, 6) is -0.354. The van der Waals surface area contributed by atoms with E-state index in [-0.39, 0.29) is 0 Å². The van der Waals surface area contributed by atoms with E-state index >= 15 is 0 Å². The largest absolute Gasteiger partial charge is 0.384 e. The predicted molar refractivity (Wildman–Crippen MR) is 69.4 cm³/mol. The lowest BCUT2D eigenvalue weighted by Gasteiger charge is -2.15. The Hall–Kier alpha value is -2.04. The summed E-state index contributed by atoms with van der Waals surface area (Å²) in [5.41, 5.74) is 12.8. The molecule has 1 aliphatic carbocycles. The highest BCUT2D eigenvalue weighted by molar-refractivity contribution is 6.03. The van der Waals surface area contributed by atoms with Crippen LogP contribution in [0.5, 0.6) is 0 Å². The second kappa shape index (κ2) is 4.68. The SMILES string of the molecule is Cc1c(C(N)=O)ccc(C(N)=O)c1NCC1CC1. The van der Waals surface area contributed by atoms with Crippen LogP contribution in [0.3, 0.4) is 0 Å². The van der Waals surface area contributed by atoms with E-state index in [1.165, 1.54) is 12.8 Å². The molecule has 96 valence electrons. The van der Waals surface area contributed by atoms with Gasteiger partial charge in [-0.3, -0.25) is 9.59 Å². The highest BCUT2D eigenvalue weighted by atomic mass is 16.1. The molecule has 1 aliphatic rings. The number of anilines is 1. The average Bonchev–Trinajstić information content (AvgIpc) is 3.10. The third kappa shape index (κ3) is 2.45. The van der Waals surface area contributed by atoms with Crippen molar-refractivity contribution in [1.82, 2.24) is 0 Å². The molecule has 1 saturated carbocycles. The van der Waals surface area contributed by atoms with Crippen LogP contribution in [0.2, 0.25) is 0 Å². The summed E-state index contributed by atoms with van der Waals surface area (Å²) in [6, 6.07) is 3.09. The van der Waals surface area contributed by atoms with E-state index in [1.807, 2.05) is 0 Å². The molecule has 1 fully saturated rings. The number of carbonyl (C=O) groups is 2. The van der Waals surface area contributed by atoms with Gasteiger partial charge in [-0.25, -0.2) is 0 Å². The van der Waals surface area contributed by atoms with Gasteiger partial charge in [0, 0.05) is 12.1 Å². The van der Waals surface area contributed by atoms with Crippen molar-refractivity contribution in [3.8, 4) is 0 Å². The second-order valence-electron chi connectivity index (χ2n) is 4.71. The minimum absolute atomic E-state index is 0.401. The summed E-state index contributed by atoms with van der Waals surface area (Å²) in [6.07, 6.45) is 2.40. The molecular weight excluding hydrogens is 230 g/mol. The number of rotatable bonds is 5. The monoisotopic (exact) mass is 247 g/mol. The Morgan fingerprint density at radius 2 is 1.78 bits per heavy atom. The first-order valence-electron chi connectivity index (χ1n) is 5.97. The van der Waals surface area contributed by atoms with Crippen LogP contribution in [0.4, 0.5) is 5.69 Å². The molecule has 5 nitrogen and oxygen atoms in total. The summed E-state index contributed by atoms with van der Waals surface area (Å²) in [4.78, 5) is 22.7. The van der Waals surface area contributed by atoms with Crippen LogP contribution >= 0.6 is 0 Å². The van der Waals surface area contributed by atoms with Gasteiger partial charge in [0.1, 0.15) is 0 Å². The molecule has 0 aromatic heterocycles. The van der Waals surface area contributed by atoms with Crippen molar-refractivity contribution in [3.05, 3.63) is 28.8 Å². The van der Waals surface area contributed by atoms with Gasteiger partial charge in [-0.1, -0.05) is 0 Å². The molecule has 2 amide bonds. The van der Waals surface area contributed by atoms with Gasteiger partial charge in [0.15, 0.2) is 0 Å². The topological polar surface area (TPSA) is 98.2 Å². The van der Waals surface area contributed by atoms with Gasteiger partial charge >= 0.3 is 0 Å². The summed E-state index contributed by atoms with van der Waals surface area (Å²) < 4.78 is 0. The van der Waals surface area contributed by atoms with Gasteiger partial charge in [-0.2, -0.15) is 0 Å². The van der Waals surface area contributed by atoms with Crippen molar-refractivity contribution in [1.29, 1.82) is 0 Å². The third-order valence-electron chi connectivity index (χ3n) is 3.26. The molecule has 0 saturated heterocycles. The van der Waals surface area contributed by atoms with E-state index in [2.05, 4.69) is 5.32 Å². The lowest BCUT2D eigenvalue weighted by atomic mass is 10.0. The number of nitrogens with two attached hydrogens (primary N) is 2. The number of amides is 2. The van der Waals surface area contributed by atoms with Crippen LogP contribution < -0.4 is 16.8 Å². The summed E-state index contributed by atoms with van der Waals surface area (Å²) in [5, 5.41) is 3.21. The third-order valence-corrected chi connectivity index (χ3v) is 3.26. The standard InChI is InChI=1S/C13H17N3O2/c1-7-9(12(14)17)4-5-10(13(15)18)11(7)16-6-8-2-3-8/h4-5,8,16H,2-3,6H2,1H3,(H2,14,17)(H2,15,18). The highest BCUT2D eigenvalue weighted by Gasteiger charge is 2.23. The summed E-state index contributed by atoms with van der Waals surface area (Å²) in [6.45, 7) is 2.56. The Labute approximate surface area is 106 Å². The Bertz CT molecular complexity index is 507. The van der Waals surface area contributed by atoms with Crippen LogP contribution in [0.15, 0.2) is 12.1 Å². The lowest BCUT2D eigenvalue weighted by molar-refractivity contribution is 0.0988. The molecule has 0 aliphatic heterocycles. The Morgan fingerprint density at radius 3 is 2.28 bits per heavy atom. The molecule has 1 aromatic carbocycles. The molecule has 18 heavy (non-hydrogen) atoms. The molecule has 0 bridgehead atoms. The fourth-order valence-electron chi connectivity index (χ4n) is 1.98. The van der Waals surface area contributed by atoms with Crippen molar-refractivity contribution in [2.24, 2.45) is 17.4 Å². The van der Waals surface area contributed by atoms with Crippen LogP contribution in [-0.2, 0) is 0 Å². The first-order valence-corrected chi connectivity index (χ1v) is 5.97. The zero-order valence-electron chi connectivity index (χ0n) is 10.3. The Balaban J connectivity index is 2.38. The number of hydrogen-bond donors (Lipinski definition) is 3. The molecule has 0 atom stereocenters. The molecule has 1 aromatic rings. The number of carbonyl (C=O) groups excluding carboxylic acids is 2. The van der Waals surface area contributed by atoms with E-state index in [4.69, 9.17) is 11.5 Å². The van der Waals surface area contributed by atoms with Crippen LogP contribution in [0.25, 0.3) is 0 Å². The van der Waals surface area contributed by atoms with Gasteiger partial charge < -0.3 is 16.8 Å². The van der Waals surface area contributed by atoms with Crippen molar-refractivity contribution in [3.63, 3.8) is 0 Å². The molecule has 0 spiro atoms. The quantitative estimate of drug-likeness (QED) is 0.724. The number of hydrogen-bond acceptors (Lipinski definition) is 3. The van der Waals surface area contributed by atoms with Crippen molar-refractivity contribution in [2.45, 2.75) is 19.8 Å². The van der Waals surface area contributed by atoms with Crippen LogP contribution in [0.1, 0.15) is 39.1 Å². The first-order chi connectivity index (χ1) is 8.50. The fourth-order valence-corrected chi connectivity index (χ4v) is 1.98. The normalized spacial score (nSPS) is 14.3. The van der Waals surface area contributed by atoms with Crippen LogP contribution in [-0.4, -0.2) is 18.4 Å². The van der Waals surface area contributed by atoms with Gasteiger partial charge in [0.05, 0.1) is 11.3 Å². The smallest absolute Gasteiger partial charge is 0.250 e. The summed E-state index contributed by atoms with van der Waals surface area (Å²) >= 11 is 0. The Kier molecular flexibility index (Phi) is 3.23. The van der Waals surface area contributed by atoms with Gasteiger partial charge in [0.2, 0.25) is 5.91 Å². The van der Waals surface area contributed by atoms with Crippen molar-refractivity contribution in [2.75, 3.05) is 11.9 Å². The van der Waals surface area contributed by atoms with Gasteiger partial charge in [-0.15, -0.1) is 0 Å². The zero-order valence-corrected chi connectivity index (χ0v) is 10.3. The number of primary amides is 2. The Morgan fingerprint density at radius 1 is 1.22 bits per heavy atom. The molecule has 0 unspecified atom stereocenters. The molecule has 0 heterocycles. The highest BCUT2D eigenvalue weighted by Crippen LogP contribution is 2.31. The molecule has 5 heteroatoms. The van der Waals surface area contributed by atoms with Crippen molar-refractivity contribution < 1.29 is 9.59 Å². The van der Waals surface area contributed by atoms with Gasteiger partial charge in [0.25, 0.3) is 5.91 Å². The average molecular weight is 247 g/mol. The lowest BCUT2D eigenvalue weighted by Crippen LogP contribution is -2.20. The molecular formula is C13H17N3O2. The van der Waals surface area contributed by atoms with E-state index in [9.17, 15) is 9.59 Å². The van der Waals surface area contributed by atoms with E-state index in [0.717, 1.165) is 6.54 Å². The first kappa shape index (κ1) is 12.4. The number of nitrogens with one attached hydrogen (secondary N) is 1. The second-order valence-corrected chi connectivity index (χ2v) is 4.71. The van der Waals surface area contributed by atoms with E-state index in [1.54, 1.807) is 19.1 Å². The van der Waals surface area contributed by atoms with E-state index < -0.39 is 11.8 Å². The minimum Gasteiger partial charge on any atom is -0.384 e.